The summed E-state index contributed by atoms with van der Waals surface area (Å²) in [6, 6.07) is 0. The molecule has 402 valence electrons. The molecule has 0 aromatic rings. The number of allylic oxidation sites excluding steroid dienone is 14. The van der Waals surface area contributed by atoms with E-state index in [0.29, 0.717) is 19.3 Å². The number of carbonyl (C=O) groups excluding carboxylic acids is 3. The van der Waals surface area contributed by atoms with Gasteiger partial charge in [-0.1, -0.05) is 266 Å². The molecule has 70 heavy (non-hydrogen) atoms. The summed E-state index contributed by atoms with van der Waals surface area (Å²) in [5.74, 6) is -0.982. The van der Waals surface area contributed by atoms with Gasteiger partial charge in [-0.25, -0.2) is 0 Å². The molecule has 1 unspecified atom stereocenters. The Balaban J connectivity index is 4.26. The molecule has 0 radical (unpaired) electrons. The molecule has 0 amide bonds. The van der Waals surface area contributed by atoms with Crippen LogP contribution in [0, 0.1) is 0 Å². The molecule has 0 fully saturated rings. The molecule has 6 nitrogen and oxygen atoms in total. The summed E-state index contributed by atoms with van der Waals surface area (Å²) in [5, 5.41) is 0. The second kappa shape index (κ2) is 58.2. The van der Waals surface area contributed by atoms with Crippen LogP contribution in [0.3, 0.4) is 0 Å². The van der Waals surface area contributed by atoms with Gasteiger partial charge in [0.2, 0.25) is 0 Å². The van der Waals surface area contributed by atoms with Gasteiger partial charge in [0, 0.05) is 19.3 Å². The van der Waals surface area contributed by atoms with E-state index < -0.39 is 6.10 Å². The summed E-state index contributed by atoms with van der Waals surface area (Å²) in [7, 11) is 0. The fraction of sp³-hybridized carbons (Fsp3) is 0.734. The maximum Gasteiger partial charge on any atom is 0.306 e. The standard InChI is InChI=1S/C64H110O6/c1-4-7-10-13-16-19-22-25-26-27-28-29-30-31-32-33-34-35-36-37-38-40-42-45-48-51-54-57-63(66)69-60-61(59-68-62(65)56-53-50-47-44-41-24-21-18-15-12-9-6-3)70-64(67)58-55-52-49-46-43-39-23-20-17-14-11-8-5-2/h8,11,17,20,22,25,27-28,30-31,39,43,49,52,61H,4-7,9-10,12-16,18-19,21,23-24,26,29,32-38,40-42,44-48,50-51,53-60H2,1-3H3/b11-8-,20-17-,25-22-,28-27-,31-30-,43-39-,52-49-. The Morgan fingerprint density at radius 1 is 0.300 bits per heavy atom. The number of ether oxygens (including phenoxy) is 3. The number of hydrogen-bond donors (Lipinski definition) is 0. The second-order valence-corrected chi connectivity index (χ2v) is 19.5. The summed E-state index contributed by atoms with van der Waals surface area (Å²) in [6.07, 6.45) is 76.0. The molecule has 0 rings (SSSR count). The van der Waals surface area contributed by atoms with Crippen LogP contribution in [-0.2, 0) is 28.6 Å². The average molecular weight is 976 g/mol. The first-order valence-corrected chi connectivity index (χ1v) is 29.6. The summed E-state index contributed by atoms with van der Waals surface area (Å²) in [4.78, 5) is 38.0. The van der Waals surface area contributed by atoms with Crippen molar-refractivity contribution in [2.24, 2.45) is 0 Å². The molecular weight excluding hydrogens is 865 g/mol. The minimum Gasteiger partial charge on any atom is -0.462 e. The molecule has 0 aliphatic carbocycles. The molecule has 0 aliphatic heterocycles. The molecule has 0 aromatic heterocycles. The van der Waals surface area contributed by atoms with Crippen LogP contribution >= 0.6 is 0 Å². The van der Waals surface area contributed by atoms with Crippen LogP contribution in [0.1, 0.15) is 284 Å². The van der Waals surface area contributed by atoms with Crippen molar-refractivity contribution in [1.29, 1.82) is 0 Å². The third-order valence-electron chi connectivity index (χ3n) is 12.6. The normalized spacial score (nSPS) is 12.7. The zero-order chi connectivity index (χ0) is 50.7. The van der Waals surface area contributed by atoms with Gasteiger partial charge in [0.25, 0.3) is 0 Å². The van der Waals surface area contributed by atoms with Crippen molar-refractivity contribution in [1.82, 2.24) is 0 Å². The highest BCUT2D eigenvalue weighted by atomic mass is 16.6. The molecule has 1 atom stereocenters. The lowest BCUT2D eigenvalue weighted by Crippen LogP contribution is -2.30. The Kier molecular flexibility index (Phi) is 55.3. The number of esters is 3. The van der Waals surface area contributed by atoms with Crippen LogP contribution in [0.2, 0.25) is 0 Å². The first-order valence-electron chi connectivity index (χ1n) is 29.6. The van der Waals surface area contributed by atoms with E-state index in [4.69, 9.17) is 14.2 Å². The van der Waals surface area contributed by atoms with Crippen LogP contribution < -0.4 is 0 Å². The van der Waals surface area contributed by atoms with Crippen LogP contribution in [-0.4, -0.2) is 37.2 Å². The Hall–Kier alpha value is -3.41. The van der Waals surface area contributed by atoms with E-state index in [2.05, 4.69) is 93.7 Å². The van der Waals surface area contributed by atoms with Gasteiger partial charge in [-0.3, -0.25) is 14.4 Å². The zero-order valence-electron chi connectivity index (χ0n) is 46.0. The van der Waals surface area contributed by atoms with E-state index >= 15 is 0 Å². The van der Waals surface area contributed by atoms with Crippen molar-refractivity contribution >= 4 is 17.9 Å². The molecule has 6 heteroatoms. The lowest BCUT2D eigenvalue weighted by atomic mass is 10.0. The van der Waals surface area contributed by atoms with Gasteiger partial charge < -0.3 is 14.2 Å². The Bertz CT molecular complexity index is 1350. The van der Waals surface area contributed by atoms with E-state index in [9.17, 15) is 14.4 Å². The number of rotatable bonds is 53. The largest absolute Gasteiger partial charge is 0.462 e. The predicted molar refractivity (Wildman–Crippen MR) is 302 cm³/mol. The molecule has 0 aliphatic rings. The second-order valence-electron chi connectivity index (χ2n) is 19.5. The zero-order valence-corrected chi connectivity index (χ0v) is 46.0. The molecule has 0 saturated heterocycles. The van der Waals surface area contributed by atoms with Gasteiger partial charge in [0.1, 0.15) is 13.2 Å². The van der Waals surface area contributed by atoms with Gasteiger partial charge in [-0.2, -0.15) is 0 Å². The first-order chi connectivity index (χ1) is 34.5. The van der Waals surface area contributed by atoms with Crippen LogP contribution in [0.25, 0.3) is 0 Å². The summed E-state index contributed by atoms with van der Waals surface area (Å²) >= 11 is 0. The highest BCUT2D eigenvalue weighted by molar-refractivity contribution is 5.71. The smallest absolute Gasteiger partial charge is 0.306 e. The highest BCUT2D eigenvalue weighted by Crippen LogP contribution is 2.16. The predicted octanol–water partition coefficient (Wildman–Crippen LogP) is 19.9. The summed E-state index contributed by atoms with van der Waals surface area (Å²) in [5.41, 5.74) is 0. The van der Waals surface area contributed by atoms with Gasteiger partial charge in [-0.15, -0.1) is 0 Å². The third-order valence-corrected chi connectivity index (χ3v) is 12.6. The van der Waals surface area contributed by atoms with Crippen LogP contribution in [0.4, 0.5) is 0 Å². The Morgan fingerprint density at radius 2 is 0.586 bits per heavy atom. The van der Waals surface area contributed by atoms with Gasteiger partial charge in [-0.05, 0) is 83.5 Å². The molecule has 0 heterocycles. The van der Waals surface area contributed by atoms with E-state index in [1.165, 1.54) is 161 Å². The van der Waals surface area contributed by atoms with Crippen molar-refractivity contribution in [3.8, 4) is 0 Å². The van der Waals surface area contributed by atoms with Crippen LogP contribution in [0.5, 0.6) is 0 Å². The van der Waals surface area contributed by atoms with Gasteiger partial charge in [0.05, 0.1) is 0 Å². The third kappa shape index (κ3) is 55.5. The monoisotopic (exact) mass is 975 g/mol. The van der Waals surface area contributed by atoms with Crippen molar-refractivity contribution in [2.45, 2.75) is 290 Å². The van der Waals surface area contributed by atoms with Crippen molar-refractivity contribution in [3.63, 3.8) is 0 Å². The molecular formula is C64H110O6. The van der Waals surface area contributed by atoms with Crippen molar-refractivity contribution in [2.75, 3.05) is 13.2 Å². The summed E-state index contributed by atoms with van der Waals surface area (Å²) < 4.78 is 16.8. The Morgan fingerprint density at radius 3 is 0.929 bits per heavy atom. The Labute approximate surface area is 433 Å². The minimum atomic E-state index is -0.813. The number of carbonyl (C=O) groups is 3. The highest BCUT2D eigenvalue weighted by Gasteiger charge is 2.19. The van der Waals surface area contributed by atoms with E-state index in [0.717, 1.165) is 77.0 Å². The van der Waals surface area contributed by atoms with Crippen molar-refractivity contribution in [3.05, 3.63) is 85.1 Å². The van der Waals surface area contributed by atoms with Gasteiger partial charge in [0.15, 0.2) is 6.10 Å². The summed E-state index contributed by atoms with van der Waals surface area (Å²) in [6.45, 7) is 6.46. The van der Waals surface area contributed by atoms with Gasteiger partial charge >= 0.3 is 17.9 Å². The molecule has 0 spiro atoms. The maximum absolute atomic E-state index is 12.8. The number of hydrogen-bond acceptors (Lipinski definition) is 6. The minimum absolute atomic E-state index is 0.103. The first kappa shape index (κ1) is 66.6. The number of unbranched alkanes of at least 4 members (excludes halogenated alkanes) is 28. The topological polar surface area (TPSA) is 78.9 Å². The van der Waals surface area contributed by atoms with Crippen LogP contribution in [0.15, 0.2) is 85.1 Å². The fourth-order valence-electron chi connectivity index (χ4n) is 8.23. The maximum atomic E-state index is 12.8. The fourth-order valence-corrected chi connectivity index (χ4v) is 8.23. The SMILES string of the molecule is CC/C=C\C/C=C\C/C=C\C/C=C\CCC(=O)OC(COC(=O)CCCCCCCCCCCCCC)COC(=O)CCCCCCCCCCCCCC/C=C\C/C=C\C/C=C\CCCCCCC. The average Bonchev–Trinajstić information content (AvgIpc) is 3.36. The lowest BCUT2D eigenvalue weighted by Gasteiger charge is -2.18. The lowest BCUT2D eigenvalue weighted by molar-refractivity contribution is -0.166. The van der Waals surface area contributed by atoms with E-state index in [1.807, 2.05) is 12.2 Å². The van der Waals surface area contributed by atoms with E-state index in [-0.39, 0.29) is 37.5 Å². The van der Waals surface area contributed by atoms with Crippen molar-refractivity contribution < 1.29 is 28.6 Å². The molecule has 0 aromatic carbocycles. The molecule has 0 bridgehead atoms. The quantitative estimate of drug-likeness (QED) is 0.0261. The molecule has 0 saturated carbocycles. The van der Waals surface area contributed by atoms with E-state index in [1.54, 1.807) is 0 Å². The molecule has 0 N–H and O–H groups in total.